The van der Waals surface area contributed by atoms with Crippen molar-refractivity contribution in [3.05, 3.63) is 29.1 Å². The van der Waals surface area contributed by atoms with Gasteiger partial charge in [-0.15, -0.1) is 0 Å². The zero-order valence-electron chi connectivity index (χ0n) is 8.39. The van der Waals surface area contributed by atoms with Crippen LogP contribution >= 0.6 is 0 Å². The topological polar surface area (TPSA) is 46.5 Å². The van der Waals surface area contributed by atoms with E-state index in [1.54, 1.807) is 0 Å². The smallest absolute Gasteiger partial charge is 0.303 e. The van der Waals surface area contributed by atoms with E-state index >= 15 is 0 Å². The first-order valence-corrected chi connectivity index (χ1v) is 4.39. The Hall–Kier alpha value is -1.72. The molecular weight excluding hydrogens is 225 g/mol. The first-order valence-electron chi connectivity index (χ1n) is 4.39. The van der Waals surface area contributed by atoms with Crippen LogP contribution in [0.1, 0.15) is 12.0 Å². The van der Waals surface area contributed by atoms with Crippen LogP contribution in [0.3, 0.4) is 0 Å². The van der Waals surface area contributed by atoms with Gasteiger partial charge < -0.3 is 9.84 Å². The molecule has 16 heavy (non-hydrogen) atoms. The average Bonchev–Trinajstić information content (AvgIpc) is 2.20. The predicted octanol–water partition coefficient (Wildman–Crippen LogP) is 2.13. The summed E-state index contributed by atoms with van der Waals surface area (Å²) >= 11 is 0. The van der Waals surface area contributed by atoms with Gasteiger partial charge in [0.1, 0.15) is 0 Å². The summed E-state index contributed by atoms with van der Waals surface area (Å²) in [4.78, 5) is 10.3. The molecule has 0 aromatic heterocycles. The van der Waals surface area contributed by atoms with Crippen molar-refractivity contribution in [2.75, 3.05) is 7.11 Å². The quantitative estimate of drug-likeness (QED) is 0.812. The maximum Gasteiger partial charge on any atom is 0.303 e. The number of carbonyl (C=O) groups is 1. The lowest BCUT2D eigenvalue weighted by molar-refractivity contribution is -0.136. The number of hydrogen-bond donors (Lipinski definition) is 1. The Balaban J connectivity index is 3.17. The van der Waals surface area contributed by atoms with Crippen LogP contribution < -0.4 is 4.74 Å². The van der Waals surface area contributed by atoms with Gasteiger partial charge in [0, 0.05) is 18.1 Å². The number of ether oxygens (including phenoxy) is 1. The molecule has 0 aliphatic rings. The van der Waals surface area contributed by atoms with Gasteiger partial charge in [-0.1, -0.05) is 0 Å². The molecule has 1 N–H and O–H groups in total. The fourth-order valence-corrected chi connectivity index (χ4v) is 1.30. The van der Waals surface area contributed by atoms with Gasteiger partial charge in [-0.25, -0.2) is 13.2 Å². The molecule has 0 atom stereocenters. The number of hydrogen-bond acceptors (Lipinski definition) is 2. The molecule has 0 saturated heterocycles. The third-order valence-electron chi connectivity index (χ3n) is 2.01. The van der Waals surface area contributed by atoms with Crippen molar-refractivity contribution < 1.29 is 27.8 Å². The first kappa shape index (κ1) is 12.4. The van der Waals surface area contributed by atoms with Crippen LogP contribution in [0.15, 0.2) is 6.07 Å². The van der Waals surface area contributed by atoms with Gasteiger partial charge in [0.05, 0.1) is 7.11 Å². The molecule has 1 rings (SSSR count). The standard InChI is InChI=1S/C10H9F3O3/c1-16-10-5(2-3-8(14)15)9(13)6(11)4-7(10)12/h4H,2-3H2,1H3,(H,14,15). The summed E-state index contributed by atoms with van der Waals surface area (Å²) in [6.07, 6.45) is -0.769. The largest absolute Gasteiger partial charge is 0.493 e. The van der Waals surface area contributed by atoms with Crippen LogP contribution in [0.5, 0.6) is 5.75 Å². The molecule has 3 nitrogen and oxygen atoms in total. The molecule has 0 unspecified atom stereocenters. The van der Waals surface area contributed by atoms with Crippen LogP contribution in [0.25, 0.3) is 0 Å². The zero-order chi connectivity index (χ0) is 12.3. The lowest BCUT2D eigenvalue weighted by atomic mass is 10.1. The summed E-state index contributed by atoms with van der Waals surface area (Å²) in [7, 11) is 1.10. The lowest BCUT2D eigenvalue weighted by Gasteiger charge is -2.10. The van der Waals surface area contributed by atoms with Gasteiger partial charge in [0.25, 0.3) is 0 Å². The second kappa shape index (κ2) is 4.87. The number of methoxy groups -OCH3 is 1. The molecule has 88 valence electrons. The van der Waals surface area contributed by atoms with Crippen LogP contribution in [-0.2, 0) is 11.2 Å². The Morgan fingerprint density at radius 1 is 1.38 bits per heavy atom. The number of rotatable bonds is 4. The van der Waals surface area contributed by atoms with E-state index in [1.165, 1.54) is 0 Å². The average molecular weight is 234 g/mol. The highest BCUT2D eigenvalue weighted by atomic mass is 19.2. The molecule has 1 aromatic carbocycles. The molecule has 0 saturated carbocycles. The normalized spacial score (nSPS) is 10.2. The Labute approximate surface area is 89.5 Å². The van der Waals surface area contributed by atoms with Gasteiger partial charge in [0.2, 0.25) is 0 Å². The van der Waals surface area contributed by atoms with Gasteiger partial charge >= 0.3 is 5.97 Å². The molecule has 0 radical (unpaired) electrons. The Morgan fingerprint density at radius 2 is 2.00 bits per heavy atom. The minimum atomic E-state index is -1.36. The van der Waals surface area contributed by atoms with Crippen molar-refractivity contribution in [2.45, 2.75) is 12.8 Å². The maximum atomic E-state index is 13.3. The van der Waals surface area contributed by atoms with Crippen molar-refractivity contribution >= 4 is 5.97 Å². The molecule has 1 aromatic rings. The van der Waals surface area contributed by atoms with Crippen molar-refractivity contribution in [3.8, 4) is 5.75 Å². The van der Waals surface area contributed by atoms with Crippen molar-refractivity contribution in [2.24, 2.45) is 0 Å². The number of benzene rings is 1. The van der Waals surface area contributed by atoms with Crippen LogP contribution in [0.4, 0.5) is 13.2 Å². The number of carboxylic acids is 1. The Kier molecular flexibility index (Phi) is 3.76. The molecule has 0 aliphatic heterocycles. The highest BCUT2D eigenvalue weighted by Gasteiger charge is 2.19. The molecular formula is C10H9F3O3. The van der Waals surface area contributed by atoms with E-state index in [1.807, 2.05) is 0 Å². The highest BCUT2D eigenvalue weighted by molar-refractivity contribution is 5.67. The van der Waals surface area contributed by atoms with Gasteiger partial charge in [0.15, 0.2) is 23.2 Å². The summed E-state index contributed by atoms with van der Waals surface area (Å²) in [5.41, 5.74) is -0.401. The summed E-state index contributed by atoms with van der Waals surface area (Å²) in [6, 6.07) is 0.360. The third kappa shape index (κ3) is 2.44. The van der Waals surface area contributed by atoms with Crippen LogP contribution in [0.2, 0.25) is 0 Å². The molecule has 0 spiro atoms. The summed E-state index contributed by atoms with van der Waals surface area (Å²) in [6.45, 7) is 0. The van der Waals surface area contributed by atoms with E-state index < -0.39 is 41.2 Å². The maximum absolute atomic E-state index is 13.3. The molecule has 0 bridgehead atoms. The van der Waals surface area contributed by atoms with Crippen molar-refractivity contribution in [3.63, 3.8) is 0 Å². The van der Waals surface area contributed by atoms with E-state index in [0.717, 1.165) is 7.11 Å². The lowest BCUT2D eigenvalue weighted by Crippen LogP contribution is -2.05. The molecule has 0 aliphatic carbocycles. The second-order valence-electron chi connectivity index (χ2n) is 3.06. The summed E-state index contributed by atoms with van der Waals surface area (Å²) < 4.78 is 43.8. The van der Waals surface area contributed by atoms with E-state index in [0.29, 0.717) is 6.07 Å². The number of carboxylic acid groups (broad SMARTS) is 1. The molecule has 0 heterocycles. The van der Waals surface area contributed by atoms with Crippen LogP contribution in [-0.4, -0.2) is 18.2 Å². The fraction of sp³-hybridized carbons (Fsp3) is 0.300. The number of aliphatic carboxylic acids is 1. The highest BCUT2D eigenvalue weighted by Crippen LogP contribution is 2.28. The zero-order valence-corrected chi connectivity index (χ0v) is 8.39. The summed E-state index contributed by atoms with van der Waals surface area (Å²) in [5.74, 6) is -5.34. The monoisotopic (exact) mass is 234 g/mol. The summed E-state index contributed by atoms with van der Waals surface area (Å²) in [5, 5.41) is 8.42. The Bertz CT molecular complexity index is 418. The second-order valence-corrected chi connectivity index (χ2v) is 3.06. The third-order valence-corrected chi connectivity index (χ3v) is 2.01. The molecule has 0 amide bonds. The fourth-order valence-electron chi connectivity index (χ4n) is 1.30. The number of halogens is 3. The predicted molar refractivity (Wildman–Crippen MR) is 48.8 cm³/mol. The Morgan fingerprint density at radius 3 is 2.50 bits per heavy atom. The van der Waals surface area contributed by atoms with Gasteiger partial charge in [-0.05, 0) is 6.42 Å². The van der Waals surface area contributed by atoms with E-state index in [-0.39, 0.29) is 6.42 Å². The van der Waals surface area contributed by atoms with E-state index in [2.05, 4.69) is 4.74 Å². The van der Waals surface area contributed by atoms with E-state index in [4.69, 9.17) is 5.11 Å². The minimum absolute atomic E-state index is 0.334. The minimum Gasteiger partial charge on any atom is -0.493 e. The van der Waals surface area contributed by atoms with Crippen molar-refractivity contribution in [1.82, 2.24) is 0 Å². The van der Waals surface area contributed by atoms with Gasteiger partial charge in [-0.3, -0.25) is 4.79 Å². The van der Waals surface area contributed by atoms with Crippen molar-refractivity contribution in [1.29, 1.82) is 0 Å². The van der Waals surface area contributed by atoms with E-state index in [9.17, 15) is 18.0 Å². The van der Waals surface area contributed by atoms with Gasteiger partial charge in [-0.2, -0.15) is 0 Å². The van der Waals surface area contributed by atoms with Crippen LogP contribution in [0, 0.1) is 17.5 Å². The molecule has 0 fully saturated rings. The first-order chi connectivity index (χ1) is 7.47. The SMILES string of the molecule is COc1c(F)cc(F)c(F)c1CCC(=O)O. The molecule has 6 heteroatoms.